The molecule has 0 heterocycles. The van der Waals surface area contributed by atoms with Gasteiger partial charge in [0.15, 0.2) is 0 Å². The zero-order valence-electron chi connectivity index (χ0n) is 10.3. The summed E-state index contributed by atoms with van der Waals surface area (Å²) in [7, 11) is 0. The Labute approximate surface area is 95.0 Å². The van der Waals surface area contributed by atoms with Crippen LogP contribution in [0.3, 0.4) is 0 Å². The summed E-state index contributed by atoms with van der Waals surface area (Å²) >= 11 is 0. The zero-order valence-corrected chi connectivity index (χ0v) is 10.3. The molecule has 0 aromatic heterocycles. The molecule has 2 N–H and O–H groups in total. The monoisotopic (exact) mass is 211 g/mol. The molecule has 1 aromatic rings. The summed E-state index contributed by atoms with van der Waals surface area (Å²) in [5.41, 5.74) is 7.09. The molecule has 0 unspecified atom stereocenters. The molecule has 0 aliphatic rings. The van der Waals surface area contributed by atoms with Crippen molar-refractivity contribution >= 4 is 6.29 Å². The van der Waals surface area contributed by atoms with Gasteiger partial charge in [-0.1, -0.05) is 58.4 Å². The number of hydrogen-bond acceptors (Lipinski definition) is 2. The second-order valence-electron chi connectivity index (χ2n) is 2.77. The van der Waals surface area contributed by atoms with Crippen LogP contribution in [0.5, 0.6) is 0 Å². The Morgan fingerprint density at radius 1 is 1.20 bits per heavy atom. The van der Waals surface area contributed by atoms with Gasteiger partial charge in [-0.25, -0.2) is 0 Å². The Bertz CT molecular complexity index is 234. The van der Waals surface area contributed by atoms with Gasteiger partial charge in [0, 0.05) is 13.5 Å². The number of benzene rings is 1. The molecule has 2 nitrogen and oxygen atoms in total. The van der Waals surface area contributed by atoms with Crippen LogP contribution >= 0.6 is 0 Å². The molecular weight excluding hydrogens is 186 g/mol. The number of aldehydes is 1. The van der Waals surface area contributed by atoms with E-state index >= 15 is 0 Å². The van der Waals surface area contributed by atoms with Crippen LogP contribution in [-0.2, 0) is 6.54 Å². The van der Waals surface area contributed by atoms with E-state index in [0.29, 0.717) is 12.1 Å². The van der Waals surface area contributed by atoms with E-state index in [-0.39, 0.29) is 1.43 Å². The van der Waals surface area contributed by atoms with E-state index in [1.807, 2.05) is 26.0 Å². The topological polar surface area (TPSA) is 43.1 Å². The molecule has 0 amide bonds. The highest BCUT2D eigenvalue weighted by atomic mass is 16.1. The van der Waals surface area contributed by atoms with Crippen molar-refractivity contribution in [3.8, 4) is 0 Å². The molecule has 15 heavy (non-hydrogen) atoms. The maximum atomic E-state index is 10.2. The molecule has 1 aromatic carbocycles. The van der Waals surface area contributed by atoms with Crippen molar-refractivity contribution in [1.82, 2.24) is 0 Å². The minimum Gasteiger partial charge on any atom is -0.326 e. The third-order valence-electron chi connectivity index (χ3n) is 1.35. The van der Waals surface area contributed by atoms with Gasteiger partial charge in [0.25, 0.3) is 0 Å². The summed E-state index contributed by atoms with van der Waals surface area (Å²) in [6, 6.07) is 7.22. The van der Waals surface area contributed by atoms with Crippen LogP contribution in [0, 0.1) is 0 Å². The predicted molar refractivity (Wildman–Crippen MR) is 69.1 cm³/mol. The van der Waals surface area contributed by atoms with Crippen LogP contribution in [0.2, 0.25) is 0 Å². The van der Waals surface area contributed by atoms with Crippen molar-refractivity contribution in [1.29, 1.82) is 0 Å². The van der Waals surface area contributed by atoms with Gasteiger partial charge in [0.05, 0.1) is 0 Å². The molecule has 88 valence electrons. The number of carbonyl (C=O) groups excluding carboxylic acids is 1. The maximum Gasteiger partial charge on any atom is 0.150 e. The first-order valence-electron chi connectivity index (χ1n) is 5.52. The van der Waals surface area contributed by atoms with Gasteiger partial charge in [-0.3, -0.25) is 4.79 Å². The van der Waals surface area contributed by atoms with Crippen molar-refractivity contribution in [3.05, 3.63) is 35.4 Å². The lowest BCUT2D eigenvalue weighted by Gasteiger charge is -1.93. The third kappa shape index (κ3) is 9.16. The van der Waals surface area contributed by atoms with Gasteiger partial charge in [-0.2, -0.15) is 0 Å². The number of carbonyl (C=O) groups is 1. The van der Waals surface area contributed by atoms with E-state index in [1.54, 1.807) is 12.1 Å². The maximum absolute atomic E-state index is 10.2. The standard InChI is InChI=1S/C8H9NO.C3H8.C2H6.H2/c9-5-7-1-3-8(6-10)4-2-7;1-3-2;1-2;/h1-4,6H,5,9H2;3H2,1-2H3;1-2H3;1H. The molecule has 2 heteroatoms. The fourth-order valence-corrected chi connectivity index (χ4v) is 0.732. The lowest BCUT2D eigenvalue weighted by Crippen LogP contribution is -1.95. The van der Waals surface area contributed by atoms with E-state index in [4.69, 9.17) is 5.73 Å². The van der Waals surface area contributed by atoms with Crippen molar-refractivity contribution in [3.63, 3.8) is 0 Å². The van der Waals surface area contributed by atoms with E-state index in [2.05, 4.69) is 13.8 Å². The third-order valence-corrected chi connectivity index (χ3v) is 1.35. The van der Waals surface area contributed by atoms with Crippen LogP contribution in [0.25, 0.3) is 0 Å². The molecule has 0 atom stereocenters. The molecular formula is C13H25NO. The minimum absolute atomic E-state index is 0. The van der Waals surface area contributed by atoms with Crippen LogP contribution in [0.4, 0.5) is 0 Å². The summed E-state index contributed by atoms with van der Waals surface area (Å²) in [5.74, 6) is 0. The highest BCUT2D eigenvalue weighted by Crippen LogP contribution is 2.00. The summed E-state index contributed by atoms with van der Waals surface area (Å²) < 4.78 is 0. The van der Waals surface area contributed by atoms with Crippen molar-refractivity contribution in [2.75, 3.05) is 0 Å². The Kier molecular flexibility index (Phi) is 14.0. The van der Waals surface area contributed by atoms with E-state index in [9.17, 15) is 4.79 Å². The van der Waals surface area contributed by atoms with Crippen molar-refractivity contribution < 1.29 is 6.22 Å². The van der Waals surface area contributed by atoms with Gasteiger partial charge >= 0.3 is 0 Å². The van der Waals surface area contributed by atoms with Gasteiger partial charge < -0.3 is 5.73 Å². The summed E-state index contributed by atoms with van der Waals surface area (Å²) in [6.07, 6.45) is 2.07. The SMILES string of the molecule is CC.CCC.NCc1ccc(C=O)cc1.[HH]. The Morgan fingerprint density at radius 3 is 1.87 bits per heavy atom. The molecule has 0 aliphatic heterocycles. The Balaban J connectivity index is -0.000000246. The number of hydrogen-bond donors (Lipinski definition) is 1. The van der Waals surface area contributed by atoms with Crippen LogP contribution in [-0.4, -0.2) is 6.29 Å². The average molecular weight is 211 g/mol. The average Bonchev–Trinajstić information content (AvgIpc) is 2.33. The molecule has 0 bridgehead atoms. The van der Waals surface area contributed by atoms with Crippen molar-refractivity contribution in [2.24, 2.45) is 5.73 Å². The minimum atomic E-state index is 0. The Morgan fingerprint density at radius 2 is 1.60 bits per heavy atom. The fraction of sp³-hybridized carbons (Fsp3) is 0.462. The molecule has 0 fully saturated rings. The first kappa shape index (κ1) is 16.3. The van der Waals surface area contributed by atoms with Crippen molar-refractivity contribution in [2.45, 2.75) is 40.7 Å². The normalized spacial score (nSPS) is 7.80. The van der Waals surface area contributed by atoms with Crippen LogP contribution in [0.1, 0.15) is 51.5 Å². The summed E-state index contributed by atoms with van der Waals surface area (Å²) in [6.45, 7) is 8.78. The number of rotatable bonds is 2. The molecule has 0 radical (unpaired) electrons. The second kappa shape index (κ2) is 12.8. The summed E-state index contributed by atoms with van der Waals surface area (Å²) in [5, 5.41) is 0. The fourth-order valence-electron chi connectivity index (χ4n) is 0.732. The molecule has 0 saturated carbocycles. The van der Waals surface area contributed by atoms with E-state index in [0.717, 1.165) is 11.8 Å². The highest BCUT2D eigenvalue weighted by Gasteiger charge is 1.88. The quantitative estimate of drug-likeness (QED) is 0.759. The van der Waals surface area contributed by atoms with Gasteiger partial charge in [-0.15, -0.1) is 0 Å². The molecule has 0 spiro atoms. The molecule has 0 aliphatic carbocycles. The lowest BCUT2D eigenvalue weighted by molar-refractivity contribution is 0.112. The highest BCUT2D eigenvalue weighted by molar-refractivity contribution is 5.74. The predicted octanol–water partition coefficient (Wildman–Crippen LogP) is 3.65. The first-order chi connectivity index (χ1) is 7.28. The van der Waals surface area contributed by atoms with Gasteiger partial charge in [0.1, 0.15) is 6.29 Å². The van der Waals surface area contributed by atoms with Gasteiger partial charge in [-0.05, 0) is 5.56 Å². The smallest absolute Gasteiger partial charge is 0.150 e. The van der Waals surface area contributed by atoms with E-state index < -0.39 is 0 Å². The molecule has 0 saturated heterocycles. The van der Waals surface area contributed by atoms with Gasteiger partial charge in [0.2, 0.25) is 0 Å². The number of nitrogens with two attached hydrogens (primary N) is 1. The first-order valence-corrected chi connectivity index (χ1v) is 5.52. The van der Waals surface area contributed by atoms with Crippen LogP contribution < -0.4 is 5.73 Å². The molecule has 1 rings (SSSR count). The van der Waals surface area contributed by atoms with Crippen LogP contribution in [0.15, 0.2) is 24.3 Å². The summed E-state index contributed by atoms with van der Waals surface area (Å²) in [4.78, 5) is 10.2. The zero-order chi connectivity index (χ0) is 12.1. The largest absolute Gasteiger partial charge is 0.326 e. The lowest BCUT2D eigenvalue weighted by atomic mass is 10.1. The van der Waals surface area contributed by atoms with E-state index in [1.165, 1.54) is 6.42 Å². The Hall–Kier alpha value is -1.15. The second-order valence-corrected chi connectivity index (χ2v) is 2.77.